The lowest BCUT2D eigenvalue weighted by Crippen LogP contribution is -2.27. The molecule has 24 heavy (non-hydrogen) atoms. The van der Waals surface area contributed by atoms with E-state index in [-0.39, 0.29) is 24.1 Å². The molecule has 1 N–H and O–H groups in total. The van der Waals surface area contributed by atoms with Crippen LogP contribution in [0.5, 0.6) is 0 Å². The van der Waals surface area contributed by atoms with Crippen molar-refractivity contribution in [1.29, 1.82) is 0 Å². The average Bonchev–Trinajstić information content (AvgIpc) is 3.28. The molecule has 0 bridgehead atoms. The van der Waals surface area contributed by atoms with Gasteiger partial charge >= 0.3 is 12.0 Å². The quantitative estimate of drug-likeness (QED) is 0.878. The molecule has 124 valence electrons. The monoisotopic (exact) mass is 326 g/mol. The molecular formula is C17H18N4O3. The Kier molecular flexibility index (Phi) is 3.48. The molecule has 2 aromatic rings. The van der Waals surface area contributed by atoms with Gasteiger partial charge in [-0.05, 0) is 31.2 Å². The number of fused-ring (bicyclic) bond motifs is 1. The smallest absolute Gasteiger partial charge is 0.338 e. The van der Waals surface area contributed by atoms with Gasteiger partial charge in [0.05, 0.1) is 5.56 Å². The van der Waals surface area contributed by atoms with Gasteiger partial charge in [0.1, 0.15) is 5.82 Å². The fourth-order valence-corrected chi connectivity index (χ4v) is 3.27. The molecule has 0 aliphatic carbocycles. The number of ether oxygens (including phenoxy) is 1. The number of hydrogen-bond donors (Lipinski definition) is 1. The summed E-state index contributed by atoms with van der Waals surface area (Å²) >= 11 is 0. The summed E-state index contributed by atoms with van der Waals surface area (Å²) in [7, 11) is 0. The van der Waals surface area contributed by atoms with Crippen LogP contribution < -0.4 is 10.2 Å². The Labute approximate surface area is 139 Å². The van der Waals surface area contributed by atoms with E-state index in [0.717, 1.165) is 17.9 Å². The zero-order chi connectivity index (χ0) is 16.7. The summed E-state index contributed by atoms with van der Waals surface area (Å²) in [6.07, 6.45) is 4.05. The van der Waals surface area contributed by atoms with Crippen molar-refractivity contribution in [1.82, 2.24) is 14.9 Å². The molecule has 2 aliphatic heterocycles. The zero-order valence-corrected chi connectivity index (χ0v) is 13.3. The van der Waals surface area contributed by atoms with Crippen molar-refractivity contribution in [3.8, 4) is 0 Å². The first kappa shape index (κ1) is 14.7. The number of carbonyl (C=O) groups is 2. The third-order valence-corrected chi connectivity index (χ3v) is 4.54. The van der Waals surface area contributed by atoms with Crippen molar-refractivity contribution in [2.24, 2.45) is 0 Å². The summed E-state index contributed by atoms with van der Waals surface area (Å²) in [5.41, 5.74) is 1.24. The highest BCUT2D eigenvalue weighted by molar-refractivity contribution is 5.95. The molecule has 4 rings (SSSR count). The maximum Gasteiger partial charge on any atom is 0.338 e. The van der Waals surface area contributed by atoms with Crippen LogP contribution in [0.15, 0.2) is 36.7 Å². The van der Waals surface area contributed by atoms with E-state index in [9.17, 15) is 9.59 Å². The van der Waals surface area contributed by atoms with Crippen molar-refractivity contribution < 1.29 is 14.3 Å². The Morgan fingerprint density at radius 2 is 2.12 bits per heavy atom. The summed E-state index contributed by atoms with van der Waals surface area (Å²) < 4.78 is 7.66. The first-order valence-electron chi connectivity index (χ1n) is 8.02. The number of aromatic nitrogens is 2. The number of urea groups is 1. The number of imidazole rings is 1. The number of rotatable bonds is 3. The second kappa shape index (κ2) is 5.67. The first-order valence-corrected chi connectivity index (χ1v) is 8.02. The van der Waals surface area contributed by atoms with Crippen LogP contribution in [0.2, 0.25) is 0 Å². The minimum Gasteiger partial charge on any atom is -0.451 e. The van der Waals surface area contributed by atoms with E-state index >= 15 is 0 Å². The van der Waals surface area contributed by atoms with Gasteiger partial charge in [-0.3, -0.25) is 4.90 Å². The molecular weight excluding hydrogens is 308 g/mol. The van der Waals surface area contributed by atoms with Gasteiger partial charge in [-0.1, -0.05) is 0 Å². The minimum absolute atomic E-state index is 0.114. The Bertz CT molecular complexity index is 783. The van der Waals surface area contributed by atoms with E-state index in [1.54, 1.807) is 35.4 Å². The van der Waals surface area contributed by atoms with E-state index in [2.05, 4.69) is 17.2 Å². The number of carbonyl (C=O) groups excluding carboxylic acids is 2. The Morgan fingerprint density at radius 3 is 2.83 bits per heavy atom. The molecule has 1 aromatic carbocycles. The summed E-state index contributed by atoms with van der Waals surface area (Å²) in [5.74, 6) is 0.419. The van der Waals surface area contributed by atoms with Crippen molar-refractivity contribution >= 4 is 17.7 Å². The predicted molar refractivity (Wildman–Crippen MR) is 86.9 cm³/mol. The van der Waals surface area contributed by atoms with Crippen LogP contribution in [0, 0.1) is 0 Å². The number of anilines is 1. The number of esters is 1. The Balaban J connectivity index is 1.47. The maximum atomic E-state index is 12.4. The normalized spacial score (nSPS) is 22.4. The van der Waals surface area contributed by atoms with E-state index in [4.69, 9.17) is 4.74 Å². The molecule has 1 fully saturated rings. The molecule has 0 saturated carbocycles. The molecule has 1 aromatic heterocycles. The maximum absolute atomic E-state index is 12.4. The fourth-order valence-electron chi connectivity index (χ4n) is 3.27. The topological polar surface area (TPSA) is 76.5 Å². The Morgan fingerprint density at radius 1 is 1.33 bits per heavy atom. The van der Waals surface area contributed by atoms with E-state index in [0.29, 0.717) is 18.7 Å². The van der Waals surface area contributed by atoms with Gasteiger partial charge in [0, 0.05) is 43.6 Å². The standard InChI is InChI=1S/C17H18N4O3/c1-11-10-14(15-18-6-8-20(11)15)24-16(22)12-2-4-13(5-3-12)21-9-7-19-17(21)23/h2-6,8,11,14H,7,9-10H2,1H3,(H,19,23). The molecule has 7 heteroatoms. The predicted octanol–water partition coefficient (Wildman–Crippen LogP) is 2.28. The van der Waals surface area contributed by atoms with Crippen molar-refractivity contribution in [2.75, 3.05) is 18.0 Å². The highest BCUT2D eigenvalue weighted by atomic mass is 16.5. The number of hydrogen-bond acceptors (Lipinski definition) is 4. The van der Waals surface area contributed by atoms with Crippen molar-refractivity contribution in [3.63, 3.8) is 0 Å². The molecule has 0 spiro atoms. The average molecular weight is 326 g/mol. The lowest BCUT2D eigenvalue weighted by Gasteiger charge is -2.15. The van der Waals surface area contributed by atoms with E-state index < -0.39 is 0 Å². The molecule has 7 nitrogen and oxygen atoms in total. The summed E-state index contributed by atoms with van der Waals surface area (Å²) in [6, 6.07) is 7.07. The van der Waals surface area contributed by atoms with Crippen molar-refractivity contribution in [2.45, 2.75) is 25.5 Å². The van der Waals surface area contributed by atoms with Gasteiger partial charge in [-0.25, -0.2) is 14.6 Å². The number of amides is 2. The third-order valence-electron chi connectivity index (χ3n) is 4.54. The van der Waals surface area contributed by atoms with E-state index in [1.807, 2.05) is 10.8 Å². The largest absolute Gasteiger partial charge is 0.451 e. The lowest BCUT2D eigenvalue weighted by molar-refractivity contribution is 0.0284. The van der Waals surface area contributed by atoms with Crippen LogP contribution in [0.4, 0.5) is 10.5 Å². The van der Waals surface area contributed by atoms with Crippen LogP contribution in [0.3, 0.4) is 0 Å². The number of nitrogens with zero attached hydrogens (tertiary/aromatic N) is 3. The van der Waals surface area contributed by atoms with Gasteiger partial charge in [0.15, 0.2) is 6.10 Å². The summed E-state index contributed by atoms with van der Waals surface area (Å²) in [5, 5.41) is 2.75. The number of nitrogens with one attached hydrogen (secondary N) is 1. The van der Waals surface area contributed by atoms with E-state index in [1.165, 1.54) is 0 Å². The van der Waals surface area contributed by atoms with Crippen LogP contribution in [0.1, 0.15) is 41.7 Å². The molecule has 3 heterocycles. The molecule has 1 saturated heterocycles. The minimum atomic E-state index is -0.374. The highest BCUT2D eigenvalue weighted by Gasteiger charge is 2.32. The van der Waals surface area contributed by atoms with Gasteiger partial charge in [0.25, 0.3) is 0 Å². The molecule has 2 amide bonds. The zero-order valence-electron chi connectivity index (χ0n) is 13.3. The van der Waals surface area contributed by atoms with Gasteiger partial charge < -0.3 is 14.6 Å². The first-order chi connectivity index (χ1) is 11.6. The van der Waals surface area contributed by atoms with Crippen LogP contribution in [-0.2, 0) is 4.74 Å². The lowest BCUT2D eigenvalue weighted by atomic mass is 10.2. The summed E-state index contributed by atoms with van der Waals surface area (Å²) in [4.78, 5) is 30.0. The molecule has 2 unspecified atom stereocenters. The van der Waals surface area contributed by atoms with Gasteiger partial charge in [-0.15, -0.1) is 0 Å². The summed E-state index contributed by atoms with van der Waals surface area (Å²) in [6.45, 7) is 3.34. The Hall–Kier alpha value is -2.83. The van der Waals surface area contributed by atoms with Gasteiger partial charge in [-0.2, -0.15) is 0 Å². The molecule has 0 radical (unpaired) electrons. The molecule has 2 aliphatic rings. The molecule has 2 atom stereocenters. The van der Waals surface area contributed by atoms with Crippen molar-refractivity contribution in [3.05, 3.63) is 48.0 Å². The van der Waals surface area contributed by atoms with Gasteiger partial charge in [0.2, 0.25) is 0 Å². The van der Waals surface area contributed by atoms with Crippen LogP contribution in [-0.4, -0.2) is 34.6 Å². The fraction of sp³-hybridized carbons (Fsp3) is 0.353. The van der Waals surface area contributed by atoms with Crippen LogP contribution in [0.25, 0.3) is 0 Å². The van der Waals surface area contributed by atoms with Crippen LogP contribution >= 0.6 is 0 Å². The second-order valence-electron chi connectivity index (χ2n) is 6.10. The highest BCUT2D eigenvalue weighted by Crippen LogP contribution is 2.35. The second-order valence-corrected chi connectivity index (χ2v) is 6.10. The number of benzene rings is 1. The SMILES string of the molecule is CC1CC(OC(=O)c2ccc(N3CCNC3=O)cc2)c2nccn21. The third kappa shape index (κ3) is 2.42.